The van der Waals surface area contributed by atoms with Gasteiger partial charge in [-0.25, -0.2) is 19.3 Å². The molecule has 0 radical (unpaired) electrons. The molecule has 2 saturated heterocycles. The van der Waals surface area contributed by atoms with Crippen LogP contribution in [0.2, 0.25) is 0 Å². The zero-order valence-electron chi connectivity index (χ0n) is 21.8. The molecule has 0 bridgehead atoms. The fourth-order valence-electron chi connectivity index (χ4n) is 6.39. The maximum atomic E-state index is 15.3. The molecule has 11 nitrogen and oxygen atoms in total. The Bertz CT molecular complexity index is 1480. The molecule has 7 rings (SSSR count). The molecular weight excluding hydrogens is 503 g/mol. The van der Waals surface area contributed by atoms with Crippen molar-refractivity contribution in [3.63, 3.8) is 0 Å². The first kappa shape index (κ1) is 24.3. The number of imidazole rings is 1. The predicted octanol–water partition coefficient (Wildman–Crippen LogP) is 2.10. The number of nitrogens with zero attached hydrogens (tertiary/aromatic N) is 5. The maximum absolute atomic E-state index is 15.3. The number of aromatic amines is 1. The molecule has 5 heterocycles. The van der Waals surface area contributed by atoms with Crippen LogP contribution in [-0.2, 0) is 28.9 Å². The van der Waals surface area contributed by atoms with E-state index in [9.17, 15) is 4.79 Å². The van der Waals surface area contributed by atoms with Gasteiger partial charge in [0.15, 0.2) is 29.9 Å². The molecule has 1 spiro atoms. The van der Waals surface area contributed by atoms with Crippen molar-refractivity contribution < 1.29 is 18.7 Å². The van der Waals surface area contributed by atoms with E-state index in [0.717, 1.165) is 67.8 Å². The Morgan fingerprint density at radius 2 is 2.13 bits per heavy atom. The molecule has 3 aliphatic heterocycles. The van der Waals surface area contributed by atoms with Crippen LogP contribution in [0.1, 0.15) is 29.8 Å². The number of piperidine rings is 1. The number of amides is 1. The van der Waals surface area contributed by atoms with Gasteiger partial charge in [-0.15, -0.1) is 0 Å². The van der Waals surface area contributed by atoms with Crippen LogP contribution < -0.4 is 20.3 Å². The van der Waals surface area contributed by atoms with Crippen LogP contribution >= 0.6 is 0 Å². The van der Waals surface area contributed by atoms with Crippen LogP contribution in [0.15, 0.2) is 24.7 Å². The SMILES string of the molecule is C=C1OC2(CCN(CC3Cc4cc5[nH]c(CNC)nc5c(F)c4C3)CC2)CN1c1cnc2c(n1)NC(=O)CO2. The summed E-state index contributed by atoms with van der Waals surface area (Å²) in [6.45, 7) is 7.97. The van der Waals surface area contributed by atoms with Crippen LogP contribution in [0.25, 0.3) is 11.0 Å². The highest BCUT2D eigenvalue weighted by Crippen LogP contribution is 2.40. The molecule has 12 heteroatoms. The molecule has 1 amide bonds. The average Bonchev–Trinajstić information content (AvgIpc) is 3.61. The Kier molecular flexibility index (Phi) is 5.70. The molecule has 1 aliphatic carbocycles. The normalized spacial score (nSPS) is 22.1. The topological polar surface area (TPSA) is 121 Å². The summed E-state index contributed by atoms with van der Waals surface area (Å²) in [5.74, 6) is 2.43. The molecule has 0 saturated carbocycles. The standard InChI is InChI=1S/C27H31FN8O3/c1-15-36(21-11-30-26-25(33-21)34-22(37)13-38-26)14-27(39-15)3-5-35(6-4-27)12-16-7-17-9-19-24(23(28)18(17)8-16)32-20(31-19)10-29-2/h9,11,16,29H,1,3-8,10,12-14H2,2H3,(H,31,32)(H,33,34,37). The lowest BCUT2D eigenvalue weighted by Crippen LogP contribution is -2.48. The molecule has 2 aromatic heterocycles. The Morgan fingerprint density at radius 1 is 1.28 bits per heavy atom. The van der Waals surface area contributed by atoms with Gasteiger partial charge in [0, 0.05) is 32.5 Å². The lowest BCUT2D eigenvalue weighted by atomic mass is 9.90. The monoisotopic (exact) mass is 534 g/mol. The van der Waals surface area contributed by atoms with Gasteiger partial charge in [-0.05, 0) is 49.6 Å². The maximum Gasteiger partial charge on any atom is 0.263 e. The third-order valence-corrected chi connectivity index (χ3v) is 8.27. The molecule has 1 unspecified atom stereocenters. The van der Waals surface area contributed by atoms with Crippen molar-refractivity contribution >= 4 is 28.6 Å². The van der Waals surface area contributed by atoms with E-state index < -0.39 is 0 Å². The molecule has 2 fully saturated rings. The van der Waals surface area contributed by atoms with E-state index in [-0.39, 0.29) is 23.9 Å². The summed E-state index contributed by atoms with van der Waals surface area (Å²) in [4.78, 5) is 32.6. The highest BCUT2D eigenvalue weighted by molar-refractivity contribution is 5.93. The number of halogens is 1. The second-order valence-electron chi connectivity index (χ2n) is 11.0. The van der Waals surface area contributed by atoms with E-state index in [0.29, 0.717) is 47.9 Å². The van der Waals surface area contributed by atoms with Gasteiger partial charge in [0.25, 0.3) is 11.8 Å². The minimum absolute atomic E-state index is 0.0618. The number of fused-ring (bicyclic) bond motifs is 3. The number of hydrogen-bond acceptors (Lipinski definition) is 9. The molecular formula is C27H31FN8O3. The molecule has 39 heavy (non-hydrogen) atoms. The fourth-order valence-corrected chi connectivity index (χ4v) is 6.39. The van der Waals surface area contributed by atoms with Crippen molar-refractivity contribution in [3.8, 4) is 5.88 Å². The largest absolute Gasteiger partial charge is 0.471 e. The van der Waals surface area contributed by atoms with Crippen molar-refractivity contribution in [3.05, 3.63) is 47.5 Å². The smallest absolute Gasteiger partial charge is 0.263 e. The average molecular weight is 535 g/mol. The zero-order chi connectivity index (χ0) is 26.7. The van der Waals surface area contributed by atoms with Crippen molar-refractivity contribution in [1.82, 2.24) is 30.2 Å². The second kappa shape index (κ2) is 9.16. The summed E-state index contributed by atoms with van der Waals surface area (Å²) in [6.07, 6.45) is 4.95. The van der Waals surface area contributed by atoms with E-state index in [4.69, 9.17) is 9.47 Å². The molecule has 1 atom stereocenters. The van der Waals surface area contributed by atoms with Crippen molar-refractivity contribution in [1.29, 1.82) is 0 Å². The summed E-state index contributed by atoms with van der Waals surface area (Å²) < 4.78 is 27.0. The Morgan fingerprint density at radius 3 is 2.95 bits per heavy atom. The first-order valence-corrected chi connectivity index (χ1v) is 13.4. The summed E-state index contributed by atoms with van der Waals surface area (Å²) in [5, 5.41) is 5.76. The van der Waals surface area contributed by atoms with Crippen molar-refractivity contribution in [2.45, 2.75) is 37.8 Å². The van der Waals surface area contributed by atoms with E-state index in [1.807, 2.05) is 11.9 Å². The van der Waals surface area contributed by atoms with E-state index in [1.54, 1.807) is 6.20 Å². The summed E-state index contributed by atoms with van der Waals surface area (Å²) >= 11 is 0. The minimum atomic E-state index is -0.342. The van der Waals surface area contributed by atoms with Gasteiger partial charge >= 0.3 is 0 Å². The Labute approximate surface area is 224 Å². The first-order chi connectivity index (χ1) is 18.9. The Hall–Kier alpha value is -3.77. The van der Waals surface area contributed by atoms with Crippen molar-refractivity contribution in [2.24, 2.45) is 5.92 Å². The van der Waals surface area contributed by atoms with Crippen LogP contribution in [-0.4, -0.2) is 76.2 Å². The second-order valence-corrected chi connectivity index (χ2v) is 11.0. The van der Waals surface area contributed by atoms with E-state index >= 15 is 4.39 Å². The Balaban J connectivity index is 0.980. The predicted molar refractivity (Wildman–Crippen MR) is 142 cm³/mol. The van der Waals surface area contributed by atoms with Gasteiger partial charge in [0.1, 0.15) is 16.9 Å². The number of rotatable bonds is 5. The highest BCUT2D eigenvalue weighted by Gasteiger charge is 2.46. The van der Waals surface area contributed by atoms with E-state index in [1.165, 1.54) is 0 Å². The number of carbonyl (C=O) groups is 1. The molecule has 3 aromatic rings. The minimum Gasteiger partial charge on any atom is -0.471 e. The van der Waals surface area contributed by atoms with E-state index in [2.05, 4.69) is 48.1 Å². The lowest BCUT2D eigenvalue weighted by molar-refractivity contribution is -0.118. The van der Waals surface area contributed by atoms with Gasteiger partial charge < -0.3 is 30.0 Å². The summed E-state index contributed by atoms with van der Waals surface area (Å²) in [5.41, 5.74) is 2.80. The number of H-pyrrole nitrogens is 1. The van der Waals surface area contributed by atoms with Crippen molar-refractivity contribution in [2.75, 3.05) is 50.1 Å². The number of benzene rings is 1. The van der Waals surface area contributed by atoms with Crippen LogP contribution in [0.3, 0.4) is 0 Å². The van der Waals surface area contributed by atoms with Gasteiger partial charge in [-0.1, -0.05) is 0 Å². The van der Waals surface area contributed by atoms with Gasteiger partial charge in [0.2, 0.25) is 0 Å². The molecule has 3 N–H and O–H groups in total. The quantitative estimate of drug-likeness (QED) is 0.452. The molecule has 1 aromatic carbocycles. The fraction of sp³-hybridized carbons (Fsp3) is 0.481. The van der Waals surface area contributed by atoms with Crippen LogP contribution in [0.4, 0.5) is 16.0 Å². The number of hydrogen-bond donors (Lipinski definition) is 3. The number of anilines is 2. The number of ether oxygens (including phenoxy) is 2. The van der Waals surface area contributed by atoms with Gasteiger partial charge in [0.05, 0.1) is 24.8 Å². The summed E-state index contributed by atoms with van der Waals surface area (Å²) in [7, 11) is 1.85. The number of nitrogens with one attached hydrogen (secondary N) is 3. The number of carbonyl (C=O) groups excluding carboxylic acids is 1. The first-order valence-electron chi connectivity index (χ1n) is 13.4. The van der Waals surface area contributed by atoms with Crippen LogP contribution in [0, 0.1) is 11.7 Å². The van der Waals surface area contributed by atoms with Gasteiger partial charge in [-0.2, -0.15) is 0 Å². The molecule has 4 aliphatic rings. The number of aromatic nitrogens is 4. The third kappa shape index (κ3) is 4.27. The number of likely N-dealkylation sites (tertiary alicyclic amines) is 1. The van der Waals surface area contributed by atoms with Crippen LogP contribution in [0.5, 0.6) is 5.88 Å². The third-order valence-electron chi connectivity index (χ3n) is 8.27. The molecule has 204 valence electrons. The zero-order valence-corrected chi connectivity index (χ0v) is 21.8. The summed E-state index contributed by atoms with van der Waals surface area (Å²) in [6, 6.07) is 2.08. The van der Waals surface area contributed by atoms with Gasteiger partial charge in [-0.3, -0.25) is 9.69 Å². The highest BCUT2D eigenvalue weighted by atomic mass is 19.1. The lowest BCUT2D eigenvalue weighted by Gasteiger charge is -2.38.